The van der Waals surface area contributed by atoms with Gasteiger partial charge in [-0.3, -0.25) is 19.2 Å². The predicted octanol–water partition coefficient (Wildman–Crippen LogP) is 1.19. The van der Waals surface area contributed by atoms with Gasteiger partial charge in [0.1, 0.15) is 23.4 Å². The average Bonchev–Trinajstić information content (AvgIpc) is 3.60. The van der Waals surface area contributed by atoms with E-state index in [9.17, 15) is 19.2 Å². The summed E-state index contributed by atoms with van der Waals surface area (Å²) in [5.74, 6) is -0.379. The quantitative estimate of drug-likeness (QED) is 0.188. The van der Waals surface area contributed by atoms with Crippen molar-refractivity contribution in [2.24, 2.45) is 5.92 Å². The van der Waals surface area contributed by atoms with E-state index in [2.05, 4.69) is 34.3 Å². The summed E-state index contributed by atoms with van der Waals surface area (Å²) in [6, 6.07) is 4.54. The third kappa shape index (κ3) is 8.86. The van der Waals surface area contributed by atoms with E-state index in [1.165, 1.54) is 0 Å². The average molecular weight is 585 g/mol. The monoisotopic (exact) mass is 584 g/mol. The van der Waals surface area contributed by atoms with Crippen LogP contribution < -0.4 is 26.0 Å². The van der Waals surface area contributed by atoms with Crippen LogP contribution in [0.2, 0.25) is 0 Å². The van der Waals surface area contributed by atoms with E-state index < -0.39 is 35.5 Å². The number of ketones is 1. The molecule has 2 fully saturated rings. The van der Waals surface area contributed by atoms with E-state index in [0.29, 0.717) is 37.8 Å². The van der Waals surface area contributed by atoms with Crippen LogP contribution in [0.4, 0.5) is 0 Å². The van der Waals surface area contributed by atoms with Gasteiger partial charge < -0.3 is 35.5 Å². The molecule has 0 aromatic heterocycles. The minimum Gasteiger partial charge on any atom is -0.497 e. The van der Waals surface area contributed by atoms with E-state index in [-0.39, 0.29) is 30.6 Å². The standard InChI is InChI=1S/C31H44N4O7/c1-19-5-6-22(13-19)15-25(28(37)31(3)18-42-31)34-30(39)26(14-21-7-9-23(40-4)10-8-21)35-29(38)20(2)33-27(36)16-24-17-32-11-12-41-24/h7-10,13,19-20,24-26,32H,5-6,11-12,14-18H2,1-4H3,(H,33,36)(H,34,39)(H,35,38)/t19?,20-,24?,25-,26-,31+/m0/s1. The zero-order chi connectivity index (χ0) is 30.3. The molecule has 2 unspecified atom stereocenters. The molecule has 1 aliphatic carbocycles. The van der Waals surface area contributed by atoms with E-state index in [1.54, 1.807) is 33.1 Å². The Kier molecular flexibility index (Phi) is 10.7. The van der Waals surface area contributed by atoms with E-state index >= 15 is 0 Å². The Morgan fingerprint density at radius 2 is 1.79 bits per heavy atom. The summed E-state index contributed by atoms with van der Waals surface area (Å²) in [6.45, 7) is 7.59. The topological polar surface area (TPSA) is 147 Å². The minimum atomic E-state index is -0.990. The van der Waals surface area contributed by atoms with Gasteiger partial charge in [-0.2, -0.15) is 0 Å². The number of benzene rings is 1. The number of nitrogens with one attached hydrogen (secondary N) is 4. The van der Waals surface area contributed by atoms with Gasteiger partial charge in [0.2, 0.25) is 17.7 Å². The normalized spacial score (nSPS) is 25.4. The van der Waals surface area contributed by atoms with Crippen molar-refractivity contribution in [3.63, 3.8) is 0 Å². The van der Waals surface area contributed by atoms with Gasteiger partial charge in [0.05, 0.1) is 38.9 Å². The number of Topliss-reactive ketones (excluding diaryl/α,β-unsaturated/α-hetero) is 1. The van der Waals surface area contributed by atoms with Crippen molar-refractivity contribution in [3.05, 3.63) is 41.5 Å². The van der Waals surface area contributed by atoms with Gasteiger partial charge in [-0.25, -0.2) is 0 Å². The fourth-order valence-electron chi connectivity index (χ4n) is 5.34. The van der Waals surface area contributed by atoms with E-state index in [0.717, 1.165) is 30.5 Å². The summed E-state index contributed by atoms with van der Waals surface area (Å²) in [7, 11) is 1.57. The van der Waals surface area contributed by atoms with Crippen molar-refractivity contribution in [1.82, 2.24) is 21.3 Å². The largest absolute Gasteiger partial charge is 0.497 e. The van der Waals surface area contributed by atoms with Gasteiger partial charge in [0, 0.05) is 19.5 Å². The highest BCUT2D eigenvalue weighted by atomic mass is 16.6. The van der Waals surface area contributed by atoms with Gasteiger partial charge in [-0.05, 0) is 56.7 Å². The summed E-state index contributed by atoms with van der Waals surface area (Å²) in [6.07, 6.45) is 4.51. The molecule has 42 heavy (non-hydrogen) atoms. The fraction of sp³-hybridized carbons (Fsp3) is 0.613. The second kappa shape index (κ2) is 14.3. The van der Waals surface area contributed by atoms with Crippen LogP contribution in [0.3, 0.4) is 0 Å². The van der Waals surface area contributed by atoms with E-state index in [1.807, 2.05) is 12.1 Å². The molecule has 3 amide bonds. The van der Waals surface area contributed by atoms with Crippen LogP contribution >= 0.6 is 0 Å². The number of ether oxygens (including phenoxy) is 3. The predicted molar refractivity (Wildman–Crippen MR) is 156 cm³/mol. The summed E-state index contributed by atoms with van der Waals surface area (Å²) in [4.78, 5) is 52.9. The number of carbonyl (C=O) groups is 4. The smallest absolute Gasteiger partial charge is 0.243 e. The van der Waals surface area contributed by atoms with Gasteiger partial charge >= 0.3 is 0 Å². The Labute approximate surface area is 247 Å². The van der Waals surface area contributed by atoms with Gasteiger partial charge in [-0.1, -0.05) is 30.7 Å². The lowest BCUT2D eigenvalue weighted by Crippen LogP contribution is -2.57. The summed E-state index contributed by atoms with van der Waals surface area (Å²) in [5.41, 5.74) is 1.02. The second-order valence-electron chi connectivity index (χ2n) is 11.8. The van der Waals surface area contributed by atoms with Crippen LogP contribution in [-0.2, 0) is 35.1 Å². The van der Waals surface area contributed by atoms with Crippen LogP contribution in [0.5, 0.6) is 5.75 Å². The highest BCUT2D eigenvalue weighted by Gasteiger charge is 2.50. The molecular weight excluding hydrogens is 540 g/mol. The highest BCUT2D eigenvalue weighted by molar-refractivity contribution is 5.98. The molecule has 2 heterocycles. The Bertz CT molecular complexity index is 1160. The molecule has 0 bridgehead atoms. The van der Waals surface area contributed by atoms with Crippen molar-refractivity contribution in [3.8, 4) is 5.75 Å². The zero-order valence-corrected chi connectivity index (χ0v) is 25.0. The Hall–Kier alpha value is -3.28. The molecule has 4 rings (SSSR count). The van der Waals surface area contributed by atoms with Crippen molar-refractivity contribution in [2.75, 3.05) is 33.4 Å². The minimum absolute atomic E-state index is 0.124. The van der Waals surface area contributed by atoms with Crippen LogP contribution in [0.25, 0.3) is 0 Å². The highest BCUT2D eigenvalue weighted by Crippen LogP contribution is 2.32. The summed E-state index contributed by atoms with van der Waals surface area (Å²) < 4.78 is 16.2. The molecule has 11 nitrogen and oxygen atoms in total. The Morgan fingerprint density at radius 3 is 2.38 bits per heavy atom. The molecule has 0 saturated carbocycles. The lowest BCUT2D eigenvalue weighted by atomic mass is 9.94. The number of epoxide rings is 1. The number of carbonyl (C=O) groups excluding carboxylic acids is 4. The molecule has 11 heteroatoms. The van der Waals surface area contributed by atoms with Crippen LogP contribution in [0.1, 0.15) is 52.0 Å². The molecule has 3 aliphatic rings. The molecule has 2 saturated heterocycles. The lowest BCUT2D eigenvalue weighted by Gasteiger charge is -2.26. The molecule has 0 radical (unpaired) electrons. The maximum atomic E-state index is 13.7. The fourth-order valence-corrected chi connectivity index (χ4v) is 5.34. The maximum absolute atomic E-state index is 13.7. The number of hydrogen-bond acceptors (Lipinski definition) is 8. The SMILES string of the molecule is COc1ccc(C[C@H](NC(=O)[C@H](C)NC(=O)CC2CNCCO2)C(=O)N[C@@H](CC2=CC(C)CC2)C(=O)[C@@]2(C)CO2)cc1. The molecule has 2 aliphatic heterocycles. The molecule has 1 aromatic carbocycles. The van der Waals surface area contributed by atoms with Crippen LogP contribution in [-0.4, -0.2) is 86.7 Å². The number of methoxy groups -OCH3 is 1. The maximum Gasteiger partial charge on any atom is 0.243 e. The molecular formula is C31H44N4O7. The first-order valence-corrected chi connectivity index (χ1v) is 14.8. The third-order valence-corrected chi connectivity index (χ3v) is 8.06. The zero-order valence-electron chi connectivity index (χ0n) is 25.0. The third-order valence-electron chi connectivity index (χ3n) is 8.06. The molecule has 1 aromatic rings. The van der Waals surface area contributed by atoms with Gasteiger partial charge in [-0.15, -0.1) is 0 Å². The van der Waals surface area contributed by atoms with Gasteiger partial charge in [0.25, 0.3) is 0 Å². The van der Waals surface area contributed by atoms with Crippen molar-refractivity contribution in [1.29, 1.82) is 0 Å². The summed E-state index contributed by atoms with van der Waals surface area (Å²) in [5, 5.41) is 11.6. The number of amides is 3. The molecule has 4 N–H and O–H groups in total. The van der Waals surface area contributed by atoms with Crippen molar-refractivity contribution < 1.29 is 33.4 Å². The number of hydrogen-bond donors (Lipinski definition) is 4. The Morgan fingerprint density at radius 1 is 1.07 bits per heavy atom. The molecule has 6 atom stereocenters. The molecule has 230 valence electrons. The number of allylic oxidation sites excluding steroid dienone is 1. The van der Waals surface area contributed by atoms with Crippen molar-refractivity contribution in [2.45, 2.75) is 82.7 Å². The first-order chi connectivity index (χ1) is 20.1. The van der Waals surface area contributed by atoms with Crippen molar-refractivity contribution >= 4 is 23.5 Å². The molecule has 0 spiro atoms. The second-order valence-corrected chi connectivity index (χ2v) is 11.8. The van der Waals surface area contributed by atoms with E-state index in [4.69, 9.17) is 14.2 Å². The van der Waals surface area contributed by atoms with Crippen LogP contribution in [0, 0.1) is 5.92 Å². The number of morpholine rings is 1. The number of rotatable bonds is 14. The summed E-state index contributed by atoms with van der Waals surface area (Å²) >= 11 is 0. The first kappa shape index (κ1) is 31.7. The van der Waals surface area contributed by atoms with Crippen LogP contribution in [0.15, 0.2) is 35.9 Å². The Balaban J connectivity index is 1.45. The van der Waals surface area contributed by atoms with Gasteiger partial charge in [0.15, 0.2) is 5.78 Å². The first-order valence-electron chi connectivity index (χ1n) is 14.8. The lowest BCUT2D eigenvalue weighted by molar-refractivity contribution is -0.134.